The van der Waals surface area contributed by atoms with Crippen molar-refractivity contribution >= 4 is 17.7 Å². The molecule has 1 aliphatic rings. The lowest BCUT2D eigenvalue weighted by molar-refractivity contribution is -0.126. The maximum Gasteiger partial charge on any atom is 0.241 e. The molecular weight excluding hydrogens is 436 g/mol. The fraction of sp³-hybridized carbons (Fsp3) is 0.400. The van der Waals surface area contributed by atoms with E-state index in [1.807, 2.05) is 42.1 Å². The second-order valence-electron chi connectivity index (χ2n) is 8.14. The van der Waals surface area contributed by atoms with Gasteiger partial charge < -0.3 is 14.6 Å². The molecule has 0 saturated carbocycles. The molecule has 1 unspecified atom stereocenters. The number of carbonyl (C=O) groups is 1. The van der Waals surface area contributed by atoms with Crippen LogP contribution in [-0.4, -0.2) is 53.4 Å². The summed E-state index contributed by atoms with van der Waals surface area (Å²) in [7, 11) is 1.64. The summed E-state index contributed by atoms with van der Waals surface area (Å²) in [5.41, 5.74) is 2.19. The van der Waals surface area contributed by atoms with E-state index in [0.29, 0.717) is 31.3 Å². The topological polar surface area (TPSA) is 80.5 Å². The Bertz CT molecular complexity index is 1010. The first-order valence-electron chi connectivity index (χ1n) is 11.3. The Balaban J connectivity index is 1.20. The molecule has 1 amide bonds. The fourth-order valence-corrected chi connectivity index (χ4v) is 4.75. The van der Waals surface area contributed by atoms with E-state index < -0.39 is 0 Å². The van der Waals surface area contributed by atoms with Crippen molar-refractivity contribution in [1.29, 1.82) is 0 Å². The molecule has 33 heavy (non-hydrogen) atoms. The van der Waals surface area contributed by atoms with Gasteiger partial charge in [-0.15, -0.1) is 0 Å². The lowest BCUT2D eigenvalue weighted by Crippen LogP contribution is -2.43. The van der Waals surface area contributed by atoms with Crippen molar-refractivity contribution in [2.75, 3.05) is 32.5 Å². The lowest BCUT2D eigenvalue weighted by Gasteiger charge is -2.30. The molecule has 1 fully saturated rings. The molecule has 3 aromatic rings. The van der Waals surface area contributed by atoms with Crippen molar-refractivity contribution < 1.29 is 14.1 Å². The van der Waals surface area contributed by atoms with Crippen LogP contribution in [0.4, 0.5) is 0 Å². The molecule has 1 aliphatic heterocycles. The third kappa shape index (κ3) is 6.82. The Kier molecular flexibility index (Phi) is 8.38. The lowest BCUT2D eigenvalue weighted by atomic mass is 9.97. The number of methoxy groups -OCH3 is 1. The maximum absolute atomic E-state index is 12.7. The summed E-state index contributed by atoms with van der Waals surface area (Å²) in [5.74, 6) is 3.94. The number of carbonyl (C=O) groups excluding carboxylic acids is 1. The molecule has 0 aliphatic carbocycles. The van der Waals surface area contributed by atoms with Gasteiger partial charge in [-0.05, 0) is 49.2 Å². The van der Waals surface area contributed by atoms with E-state index in [9.17, 15) is 4.79 Å². The molecule has 8 heteroatoms. The fourth-order valence-electron chi connectivity index (χ4n) is 3.94. The molecule has 174 valence electrons. The van der Waals surface area contributed by atoms with Gasteiger partial charge in [-0.2, -0.15) is 16.7 Å². The molecule has 0 bridgehead atoms. The minimum absolute atomic E-state index is 0.00172. The zero-order valence-corrected chi connectivity index (χ0v) is 19.7. The van der Waals surface area contributed by atoms with Crippen LogP contribution < -0.4 is 10.1 Å². The number of benzene rings is 2. The van der Waals surface area contributed by atoms with E-state index in [1.165, 1.54) is 5.56 Å². The number of thioether (sulfide) groups is 1. The Hall–Kier alpha value is -2.84. The van der Waals surface area contributed by atoms with Crippen LogP contribution in [0.2, 0.25) is 0 Å². The number of hydrogen-bond acceptors (Lipinski definition) is 7. The third-order valence-corrected chi connectivity index (χ3v) is 6.74. The smallest absolute Gasteiger partial charge is 0.241 e. The average molecular weight is 467 g/mol. The van der Waals surface area contributed by atoms with Crippen LogP contribution >= 0.6 is 11.8 Å². The van der Waals surface area contributed by atoms with Crippen LogP contribution in [0, 0.1) is 5.92 Å². The summed E-state index contributed by atoms with van der Waals surface area (Å²) >= 11 is 1.84. The van der Waals surface area contributed by atoms with Crippen LogP contribution in [0.5, 0.6) is 5.75 Å². The second-order valence-corrected chi connectivity index (χ2v) is 9.25. The number of piperidine rings is 1. The molecule has 1 N–H and O–H groups in total. The van der Waals surface area contributed by atoms with Gasteiger partial charge in [0.25, 0.3) is 0 Å². The number of aromatic nitrogens is 2. The van der Waals surface area contributed by atoms with Crippen LogP contribution in [-0.2, 0) is 17.1 Å². The molecule has 7 nitrogen and oxygen atoms in total. The summed E-state index contributed by atoms with van der Waals surface area (Å²) in [5, 5.41) is 7.22. The molecule has 0 spiro atoms. The van der Waals surface area contributed by atoms with E-state index in [2.05, 4.69) is 44.6 Å². The minimum Gasteiger partial charge on any atom is -0.497 e. The first kappa shape index (κ1) is 23.3. The van der Waals surface area contributed by atoms with Gasteiger partial charge in [0.1, 0.15) is 5.75 Å². The summed E-state index contributed by atoms with van der Waals surface area (Å²) in [6.07, 6.45) is 1.90. The van der Waals surface area contributed by atoms with Gasteiger partial charge in [0.15, 0.2) is 0 Å². The van der Waals surface area contributed by atoms with Gasteiger partial charge in [0.2, 0.25) is 17.6 Å². The Morgan fingerprint density at radius 3 is 2.82 bits per heavy atom. The molecule has 2 heterocycles. The third-order valence-electron chi connectivity index (χ3n) is 5.71. The summed E-state index contributed by atoms with van der Waals surface area (Å²) in [6.45, 7) is 2.89. The molecule has 0 radical (unpaired) electrons. The predicted octanol–water partition coefficient (Wildman–Crippen LogP) is 4.01. The van der Waals surface area contributed by atoms with E-state index >= 15 is 0 Å². The molecular formula is C25H30N4O3S. The number of hydrogen-bond donors (Lipinski definition) is 1. The van der Waals surface area contributed by atoms with E-state index in [-0.39, 0.29) is 11.8 Å². The van der Waals surface area contributed by atoms with Crippen molar-refractivity contribution in [2.45, 2.75) is 25.1 Å². The zero-order chi connectivity index (χ0) is 22.9. The van der Waals surface area contributed by atoms with Crippen molar-refractivity contribution in [3.05, 3.63) is 66.1 Å². The number of amides is 1. The highest BCUT2D eigenvalue weighted by Crippen LogP contribution is 2.22. The van der Waals surface area contributed by atoms with E-state index in [4.69, 9.17) is 9.26 Å². The highest BCUT2D eigenvalue weighted by molar-refractivity contribution is 7.98. The number of rotatable bonds is 10. The van der Waals surface area contributed by atoms with Gasteiger partial charge in [-0.25, -0.2) is 0 Å². The monoisotopic (exact) mass is 466 g/mol. The Morgan fingerprint density at radius 1 is 1.21 bits per heavy atom. The van der Waals surface area contributed by atoms with Crippen LogP contribution in [0.3, 0.4) is 0 Å². The molecule has 1 aromatic heterocycles. The highest BCUT2D eigenvalue weighted by Gasteiger charge is 2.26. The van der Waals surface area contributed by atoms with Gasteiger partial charge >= 0.3 is 0 Å². The highest BCUT2D eigenvalue weighted by atomic mass is 32.2. The largest absolute Gasteiger partial charge is 0.497 e. The average Bonchev–Trinajstić information content (AvgIpc) is 3.33. The van der Waals surface area contributed by atoms with Gasteiger partial charge in [-0.3, -0.25) is 9.69 Å². The van der Waals surface area contributed by atoms with E-state index in [0.717, 1.165) is 42.2 Å². The maximum atomic E-state index is 12.7. The Morgan fingerprint density at radius 2 is 2.03 bits per heavy atom. The van der Waals surface area contributed by atoms with Crippen LogP contribution in [0.1, 0.15) is 24.3 Å². The van der Waals surface area contributed by atoms with Crippen molar-refractivity contribution in [2.24, 2.45) is 5.92 Å². The summed E-state index contributed by atoms with van der Waals surface area (Å²) in [4.78, 5) is 19.4. The second kappa shape index (κ2) is 11.9. The number of nitrogens with zero attached hydrogens (tertiary/aromatic N) is 3. The van der Waals surface area contributed by atoms with Crippen molar-refractivity contribution in [3.63, 3.8) is 0 Å². The minimum atomic E-state index is 0.00172. The van der Waals surface area contributed by atoms with Gasteiger partial charge in [-0.1, -0.05) is 35.5 Å². The number of ether oxygens (including phenoxy) is 1. The molecule has 1 atom stereocenters. The predicted molar refractivity (Wildman–Crippen MR) is 130 cm³/mol. The van der Waals surface area contributed by atoms with Crippen LogP contribution in [0.15, 0.2) is 59.1 Å². The first-order chi connectivity index (χ1) is 16.2. The van der Waals surface area contributed by atoms with Crippen molar-refractivity contribution in [1.82, 2.24) is 20.4 Å². The van der Waals surface area contributed by atoms with E-state index in [1.54, 1.807) is 7.11 Å². The first-order valence-corrected chi connectivity index (χ1v) is 12.5. The zero-order valence-electron chi connectivity index (χ0n) is 18.9. The van der Waals surface area contributed by atoms with Crippen LogP contribution in [0.25, 0.3) is 11.4 Å². The standard InChI is InChI=1S/C25H30N4O3S/c1-31-22-11-9-20(10-12-22)24-27-23(32-28-24)17-29-14-5-8-21(16-29)25(30)26-13-15-33-18-19-6-3-2-4-7-19/h2-4,6-7,9-12,21H,5,8,13-18H2,1H3,(H,26,30). The normalized spacial score (nSPS) is 16.5. The number of nitrogens with one attached hydrogen (secondary N) is 1. The van der Waals surface area contributed by atoms with Crippen molar-refractivity contribution in [3.8, 4) is 17.1 Å². The molecule has 2 aromatic carbocycles. The quantitative estimate of drug-likeness (QED) is 0.452. The number of likely N-dealkylation sites (tertiary alicyclic amines) is 1. The Labute approximate surface area is 198 Å². The van der Waals surface area contributed by atoms with Gasteiger partial charge in [0, 0.05) is 30.2 Å². The SMILES string of the molecule is COc1ccc(-c2noc(CN3CCCC(C(=O)NCCSCc4ccccc4)C3)n2)cc1. The molecule has 1 saturated heterocycles. The van der Waals surface area contributed by atoms with Gasteiger partial charge in [0.05, 0.1) is 19.6 Å². The molecule has 4 rings (SSSR count). The summed E-state index contributed by atoms with van der Waals surface area (Å²) in [6, 6.07) is 18.0. The summed E-state index contributed by atoms with van der Waals surface area (Å²) < 4.78 is 10.7.